The molecule has 1 aliphatic rings. The topological polar surface area (TPSA) is 45.5 Å². The van der Waals surface area contributed by atoms with E-state index in [1.165, 1.54) is 12.8 Å². The molecule has 0 atom stereocenters. The molecule has 1 aliphatic carbocycles. The normalized spacial score (nSPS) is 15.5. The molecule has 0 aromatic rings. The first-order valence-corrected chi connectivity index (χ1v) is 6.66. The summed E-state index contributed by atoms with van der Waals surface area (Å²) in [5.41, 5.74) is 0. The average molecular weight is 240 g/mol. The summed E-state index contributed by atoms with van der Waals surface area (Å²) in [5.74, 6) is 0. The van der Waals surface area contributed by atoms with E-state index >= 15 is 0 Å². The zero-order chi connectivity index (χ0) is 12.5. The van der Waals surface area contributed by atoms with Crippen LogP contribution < -0.4 is 0 Å². The van der Waals surface area contributed by atoms with Crippen LogP contribution in [0.1, 0.15) is 39.5 Å². The summed E-state index contributed by atoms with van der Waals surface area (Å²) in [6.07, 6.45) is 3.97. The fourth-order valence-electron chi connectivity index (χ4n) is 1.97. The summed E-state index contributed by atoms with van der Waals surface area (Å²) in [5, 5.41) is 8.64. The van der Waals surface area contributed by atoms with Gasteiger partial charge in [-0.05, 0) is 26.7 Å². The average Bonchev–Trinajstić information content (AvgIpc) is 3.14. The standard InChI is InChI=1S/C13H24N2O2/c1-3-16-13(17-4-2)8-11-15(10-5-9-14)12-6-7-12/h12-13H,3-8,10-11H2,1-2H3. The second-order valence-electron chi connectivity index (χ2n) is 4.30. The highest BCUT2D eigenvalue weighted by Gasteiger charge is 2.28. The quantitative estimate of drug-likeness (QED) is 0.549. The molecule has 0 bridgehead atoms. The predicted octanol–water partition coefficient (Wildman–Crippen LogP) is 2.15. The summed E-state index contributed by atoms with van der Waals surface area (Å²) in [7, 11) is 0. The molecular formula is C13H24N2O2. The van der Waals surface area contributed by atoms with Gasteiger partial charge in [0.05, 0.1) is 6.07 Å². The van der Waals surface area contributed by atoms with E-state index in [1.807, 2.05) is 13.8 Å². The first-order chi connectivity index (χ1) is 8.31. The molecule has 4 heteroatoms. The molecule has 17 heavy (non-hydrogen) atoms. The molecule has 4 nitrogen and oxygen atoms in total. The zero-order valence-electron chi connectivity index (χ0n) is 11.0. The van der Waals surface area contributed by atoms with Crippen LogP contribution in [0.15, 0.2) is 0 Å². The first-order valence-electron chi connectivity index (χ1n) is 6.66. The maximum atomic E-state index is 8.64. The summed E-state index contributed by atoms with van der Waals surface area (Å²) in [6, 6.07) is 2.92. The van der Waals surface area contributed by atoms with Crippen LogP contribution in [0.5, 0.6) is 0 Å². The molecule has 0 aromatic carbocycles. The number of rotatable bonds is 10. The molecule has 0 radical (unpaired) electrons. The molecule has 0 heterocycles. The van der Waals surface area contributed by atoms with E-state index in [2.05, 4.69) is 11.0 Å². The molecule has 0 aromatic heterocycles. The molecule has 0 aliphatic heterocycles. The minimum Gasteiger partial charge on any atom is -0.353 e. The van der Waals surface area contributed by atoms with Crippen molar-refractivity contribution in [3.05, 3.63) is 0 Å². The highest BCUT2D eigenvalue weighted by atomic mass is 16.7. The van der Waals surface area contributed by atoms with Crippen molar-refractivity contribution in [3.63, 3.8) is 0 Å². The maximum Gasteiger partial charge on any atom is 0.158 e. The fraction of sp³-hybridized carbons (Fsp3) is 0.923. The first kappa shape index (κ1) is 14.4. The highest BCUT2D eigenvalue weighted by molar-refractivity contribution is 4.86. The van der Waals surface area contributed by atoms with Crippen LogP contribution in [0.2, 0.25) is 0 Å². The van der Waals surface area contributed by atoms with Gasteiger partial charge in [0.2, 0.25) is 0 Å². The third-order valence-corrected chi connectivity index (χ3v) is 2.93. The third-order valence-electron chi connectivity index (χ3n) is 2.93. The van der Waals surface area contributed by atoms with Crippen molar-refractivity contribution < 1.29 is 9.47 Å². The number of nitriles is 1. The molecule has 1 rings (SSSR count). The van der Waals surface area contributed by atoms with Crippen molar-refractivity contribution in [1.82, 2.24) is 4.90 Å². The zero-order valence-corrected chi connectivity index (χ0v) is 11.0. The van der Waals surface area contributed by atoms with Crippen molar-refractivity contribution in [2.75, 3.05) is 26.3 Å². The number of nitrogens with zero attached hydrogens (tertiary/aromatic N) is 2. The summed E-state index contributed by atoms with van der Waals surface area (Å²) in [6.45, 7) is 7.20. The lowest BCUT2D eigenvalue weighted by Crippen LogP contribution is -2.32. The largest absolute Gasteiger partial charge is 0.353 e. The summed E-state index contributed by atoms with van der Waals surface area (Å²) < 4.78 is 11.0. The second-order valence-corrected chi connectivity index (χ2v) is 4.30. The Labute approximate surface area is 104 Å². The Morgan fingerprint density at radius 1 is 1.24 bits per heavy atom. The van der Waals surface area contributed by atoms with Crippen LogP contribution in [-0.2, 0) is 9.47 Å². The Morgan fingerprint density at radius 2 is 1.88 bits per heavy atom. The molecule has 0 unspecified atom stereocenters. The molecule has 0 N–H and O–H groups in total. The van der Waals surface area contributed by atoms with Gasteiger partial charge in [-0.15, -0.1) is 0 Å². The van der Waals surface area contributed by atoms with Crippen LogP contribution in [0.4, 0.5) is 0 Å². The monoisotopic (exact) mass is 240 g/mol. The van der Waals surface area contributed by atoms with E-state index in [4.69, 9.17) is 14.7 Å². The van der Waals surface area contributed by atoms with Gasteiger partial charge in [-0.3, -0.25) is 4.90 Å². The van der Waals surface area contributed by atoms with Crippen LogP contribution in [0, 0.1) is 11.3 Å². The molecule has 98 valence electrons. The van der Waals surface area contributed by atoms with E-state index in [0.29, 0.717) is 25.7 Å². The van der Waals surface area contributed by atoms with Gasteiger partial charge in [0.25, 0.3) is 0 Å². The smallest absolute Gasteiger partial charge is 0.158 e. The van der Waals surface area contributed by atoms with Gasteiger partial charge >= 0.3 is 0 Å². The summed E-state index contributed by atoms with van der Waals surface area (Å²) in [4.78, 5) is 2.40. The number of hydrogen-bond acceptors (Lipinski definition) is 4. The Kier molecular flexibility index (Phi) is 7.18. The molecule has 0 amide bonds. The van der Waals surface area contributed by atoms with Gasteiger partial charge in [0.15, 0.2) is 6.29 Å². The van der Waals surface area contributed by atoms with E-state index in [9.17, 15) is 0 Å². The highest BCUT2D eigenvalue weighted by Crippen LogP contribution is 2.27. The fourth-order valence-corrected chi connectivity index (χ4v) is 1.97. The van der Waals surface area contributed by atoms with Crippen molar-refractivity contribution in [3.8, 4) is 6.07 Å². The molecule has 1 saturated carbocycles. The van der Waals surface area contributed by atoms with Crippen molar-refractivity contribution in [2.45, 2.75) is 51.9 Å². The van der Waals surface area contributed by atoms with E-state index < -0.39 is 0 Å². The Morgan fingerprint density at radius 3 is 2.35 bits per heavy atom. The van der Waals surface area contributed by atoms with Crippen molar-refractivity contribution in [1.29, 1.82) is 5.26 Å². The van der Waals surface area contributed by atoms with Gasteiger partial charge in [-0.25, -0.2) is 0 Å². The summed E-state index contributed by atoms with van der Waals surface area (Å²) >= 11 is 0. The lowest BCUT2D eigenvalue weighted by atomic mass is 10.3. The molecule has 1 fully saturated rings. The van der Waals surface area contributed by atoms with Crippen LogP contribution in [0.3, 0.4) is 0 Å². The Balaban J connectivity index is 2.25. The van der Waals surface area contributed by atoms with Crippen LogP contribution in [-0.4, -0.2) is 43.5 Å². The van der Waals surface area contributed by atoms with Gasteiger partial charge in [0.1, 0.15) is 0 Å². The van der Waals surface area contributed by atoms with Gasteiger partial charge < -0.3 is 9.47 Å². The SMILES string of the molecule is CCOC(CCN(CCC#N)C1CC1)OCC. The van der Waals surface area contributed by atoms with Crippen molar-refractivity contribution >= 4 is 0 Å². The lowest BCUT2D eigenvalue weighted by molar-refractivity contribution is -0.141. The van der Waals surface area contributed by atoms with Crippen LogP contribution >= 0.6 is 0 Å². The molecular weight excluding hydrogens is 216 g/mol. The van der Waals surface area contributed by atoms with E-state index in [1.54, 1.807) is 0 Å². The van der Waals surface area contributed by atoms with Crippen molar-refractivity contribution in [2.24, 2.45) is 0 Å². The van der Waals surface area contributed by atoms with E-state index in [-0.39, 0.29) is 6.29 Å². The maximum absolute atomic E-state index is 8.64. The van der Waals surface area contributed by atoms with Crippen LogP contribution in [0.25, 0.3) is 0 Å². The predicted molar refractivity (Wildman–Crippen MR) is 66.5 cm³/mol. The Bertz CT molecular complexity index is 230. The van der Waals surface area contributed by atoms with Gasteiger partial charge in [-0.2, -0.15) is 5.26 Å². The molecule has 0 spiro atoms. The minimum absolute atomic E-state index is 0.0895. The molecule has 0 saturated heterocycles. The second kappa shape index (κ2) is 8.46. The number of ether oxygens (including phenoxy) is 2. The van der Waals surface area contributed by atoms with E-state index in [0.717, 1.165) is 19.5 Å². The van der Waals surface area contributed by atoms with Gasteiger partial charge in [-0.1, -0.05) is 0 Å². The number of hydrogen-bond donors (Lipinski definition) is 0. The van der Waals surface area contributed by atoms with Gasteiger partial charge in [0, 0.05) is 45.2 Å². The minimum atomic E-state index is -0.0895. The Hall–Kier alpha value is -0.630. The lowest BCUT2D eigenvalue weighted by Gasteiger charge is -2.24. The third kappa shape index (κ3) is 6.02.